The van der Waals surface area contributed by atoms with Crippen molar-refractivity contribution in [2.24, 2.45) is 13.0 Å². The van der Waals surface area contributed by atoms with Crippen LogP contribution in [0.3, 0.4) is 0 Å². The van der Waals surface area contributed by atoms with Gasteiger partial charge in [-0.05, 0) is 66.1 Å². The Morgan fingerprint density at radius 3 is 2.31 bits per heavy atom. The third-order valence-electron chi connectivity index (χ3n) is 14.2. The Morgan fingerprint density at radius 2 is 1.54 bits per heavy atom. The number of aromatic amines is 1. The van der Waals surface area contributed by atoms with E-state index >= 15 is 4.39 Å². The van der Waals surface area contributed by atoms with Crippen molar-refractivity contribution in [2.75, 3.05) is 104 Å². The molecule has 3 saturated heterocycles. The van der Waals surface area contributed by atoms with Gasteiger partial charge in [-0.2, -0.15) is 5.10 Å². The lowest BCUT2D eigenvalue weighted by Crippen LogP contribution is -2.55. The summed E-state index contributed by atoms with van der Waals surface area (Å²) in [5, 5.41) is 14.7. The maximum absolute atomic E-state index is 15.1. The molecule has 0 unspecified atom stereocenters. The number of hydrogen-bond donors (Lipinski definition) is 3. The highest BCUT2D eigenvalue weighted by Crippen LogP contribution is 2.28. The van der Waals surface area contributed by atoms with Crippen molar-refractivity contribution in [1.82, 2.24) is 54.5 Å². The lowest BCUT2D eigenvalue weighted by Gasteiger charge is -2.40. The van der Waals surface area contributed by atoms with Crippen molar-refractivity contribution >= 4 is 34.2 Å². The van der Waals surface area contributed by atoms with E-state index in [1.54, 1.807) is 46.6 Å². The number of rotatable bonds is 18. The summed E-state index contributed by atoms with van der Waals surface area (Å²) >= 11 is 0. The zero-order valence-corrected chi connectivity index (χ0v) is 41.3. The van der Waals surface area contributed by atoms with Gasteiger partial charge in [0.05, 0.1) is 47.5 Å². The molecule has 3 amide bonds. The Morgan fingerprint density at radius 1 is 0.792 bits per heavy atom. The maximum Gasteiger partial charge on any atom is 0.274 e. The number of piperazine rings is 2. The highest BCUT2D eigenvalue weighted by molar-refractivity contribution is 5.98. The van der Waals surface area contributed by atoms with E-state index in [1.165, 1.54) is 11.6 Å². The van der Waals surface area contributed by atoms with Crippen LogP contribution in [0.15, 0.2) is 96.3 Å². The molecular formula is C54H65FN12O5. The molecule has 17 nitrogen and oxygen atoms in total. The number of H-pyrrole nitrogens is 1. The number of carbonyl (C=O) groups is 3. The molecule has 0 spiro atoms. The summed E-state index contributed by atoms with van der Waals surface area (Å²) in [7, 11) is 1.95. The second-order valence-corrected chi connectivity index (χ2v) is 19.1. The molecule has 3 fully saturated rings. The zero-order valence-electron chi connectivity index (χ0n) is 41.3. The minimum absolute atomic E-state index is 0.0211. The summed E-state index contributed by atoms with van der Waals surface area (Å²) in [5.74, 6) is -0.603. The number of likely N-dealkylation sites (tertiary alicyclic amines) is 1. The first-order valence-corrected chi connectivity index (χ1v) is 25.2. The number of carbonyl (C=O) groups excluding carboxylic acids is 3. The Bertz CT molecular complexity index is 2900. The number of benzene rings is 3. The van der Waals surface area contributed by atoms with Gasteiger partial charge in [-0.15, -0.1) is 0 Å². The van der Waals surface area contributed by atoms with Gasteiger partial charge in [0.25, 0.3) is 17.4 Å². The molecule has 6 heterocycles. The molecule has 6 aromatic rings. The third kappa shape index (κ3) is 12.4. The number of anilines is 1. The maximum atomic E-state index is 15.1. The molecule has 3 N–H and O–H groups in total. The van der Waals surface area contributed by atoms with Gasteiger partial charge >= 0.3 is 0 Å². The van der Waals surface area contributed by atoms with Gasteiger partial charge in [0.2, 0.25) is 5.91 Å². The quantitative estimate of drug-likeness (QED) is 0.0805. The van der Waals surface area contributed by atoms with Crippen LogP contribution < -0.4 is 16.2 Å². The van der Waals surface area contributed by atoms with Gasteiger partial charge < -0.3 is 39.5 Å². The molecule has 0 aliphatic carbocycles. The summed E-state index contributed by atoms with van der Waals surface area (Å²) in [6, 6.07) is 22.1. The summed E-state index contributed by atoms with van der Waals surface area (Å²) in [6.45, 7) is 11.5. The average Bonchev–Trinajstić information content (AvgIpc) is 3.84. The number of nitrogens with zero attached hydrogens (tertiary/aromatic N) is 9. The number of aromatic nitrogens is 5. The minimum Gasteiger partial charge on any atom is -0.361 e. The predicted octanol–water partition coefficient (Wildman–Crippen LogP) is 4.64. The van der Waals surface area contributed by atoms with Crippen LogP contribution in [0.4, 0.5) is 10.1 Å². The summed E-state index contributed by atoms with van der Waals surface area (Å²) in [6.07, 6.45) is 8.61. The number of piperidine rings is 1. The molecule has 3 aromatic heterocycles. The molecule has 0 atom stereocenters. The van der Waals surface area contributed by atoms with E-state index in [1.807, 2.05) is 40.9 Å². The van der Waals surface area contributed by atoms with Crippen molar-refractivity contribution in [2.45, 2.75) is 39.2 Å². The summed E-state index contributed by atoms with van der Waals surface area (Å²) in [4.78, 5) is 72.6. The number of nitrogens with one attached hydrogen (secondary N) is 3. The number of fused-ring (bicyclic) bond motifs is 1. The van der Waals surface area contributed by atoms with Crippen LogP contribution in [0, 0.1) is 11.7 Å². The van der Waals surface area contributed by atoms with E-state index < -0.39 is 11.7 Å². The van der Waals surface area contributed by atoms with E-state index in [0.29, 0.717) is 111 Å². The van der Waals surface area contributed by atoms with Crippen LogP contribution in [0.2, 0.25) is 0 Å². The third-order valence-corrected chi connectivity index (χ3v) is 14.2. The van der Waals surface area contributed by atoms with Gasteiger partial charge in [0, 0.05) is 122 Å². The van der Waals surface area contributed by atoms with Crippen LogP contribution >= 0.6 is 0 Å². The highest BCUT2D eigenvalue weighted by Gasteiger charge is 2.31. The van der Waals surface area contributed by atoms with Crippen LogP contribution in [0.1, 0.15) is 63.1 Å². The smallest absolute Gasteiger partial charge is 0.274 e. The number of hydrogen-bond acceptors (Lipinski definition) is 12. The normalized spacial score (nSPS) is 16.1. The number of halogens is 1. The molecule has 378 valence electrons. The SMILES string of the molecule is CCc1cccc(-c2cnc(C(=O)N3CCC(CN4CCN(CC(=O)N5CCN(C(=O)c6cc(Cc7n[nH]c(=O)c8ccccc78)ccc6F)CC5)CC4)CC3)c(NCOCCNCc3cn(C)cn3)c2)c1. The van der Waals surface area contributed by atoms with E-state index in [0.717, 1.165) is 68.8 Å². The summed E-state index contributed by atoms with van der Waals surface area (Å²) < 4.78 is 23.0. The Hall–Kier alpha value is -6.86. The lowest BCUT2D eigenvalue weighted by atomic mass is 9.95. The standard InChI is InChI=1S/C54H65FN12O5/c1-3-38-7-6-8-41(27-38)42-30-49(59-37-72-26-15-56-32-43-34-62(2)36-58-43)51(57-31-42)54(71)66-16-13-39(14-17-66)33-63-18-20-64(21-19-63)35-50(68)65-22-24-67(25-23-65)53(70)46-28-40(11-12-47(46)55)29-48-44-9-4-5-10-45(44)52(69)61-60-48/h4-12,27-28,30-31,34,36,39,56,59H,3,13-26,29,32-33,35,37H2,1-2H3,(H,61,69). The van der Waals surface area contributed by atoms with Crippen LogP contribution in [-0.4, -0.2) is 165 Å². The van der Waals surface area contributed by atoms with E-state index in [2.05, 4.69) is 66.8 Å². The molecule has 0 bridgehead atoms. The number of pyridine rings is 1. The second kappa shape index (κ2) is 23.6. The number of imidazole rings is 1. The first kappa shape index (κ1) is 50.1. The monoisotopic (exact) mass is 981 g/mol. The molecule has 0 radical (unpaired) electrons. The number of ether oxygens (including phenoxy) is 1. The van der Waals surface area contributed by atoms with Crippen LogP contribution in [0.25, 0.3) is 21.9 Å². The molecular weight excluding hydrogens is 916 g/mol. The van der Waals surface area contributed by atoms with Crippen molar-refractivity contribution in [3.8, 4) is 11.1 Å². The van der Waals surface area contributed by atoms with Gasteiger partial charge in [-0.25, -0.2) is 19.5 Å². The first-order chi connectivity index (χ1) is 35.1. The molecule has 9 rings (SSSR count). The van der Waals surface area contributed by atoms with E-state index in [4.69, 9.17) is 9.72 Å². The largest absolute Gasteiger partial charge is 0.361 e. The van der Waals surface area contributed by atoms with Gasteiger partial charge in [-0.1, -0.05) is 55.5 Å². The minimum atomic E-state index is -0.604. The fraction of sp³-hybridized carbons (Fsp3) is 0.426. The van der Waals surface area contributed by atoms with Gasteiger partial charge in [-0.3, -0.25) is 24.1 Å². The average molecular weight is 981 g/mol. The molecule has 18 heteroatoms. The van der Waals surface area contributed by atoms with E-state index in [9.17, 15) is 19.2 Å². The fourth-order valence-corrected chi connectivity index (χ4v) is 9.95. The van der Waals surface area contributed by atoms with Crippen molar-refractivity contribution in [1.29, 1.82) is 0 Å². The Kier molecular flexibility index (Phi) is 16.4. The van der Waals surface area contributed by atoms with E-state index in [-0.39, 0.29) is 29.7 Å². The van der Waals surface area contributed by atoms with Crippen LogP contribution in [-0.2, 0) is 36.0 Å². The molecule has 0 saturated carbocycles. The second-order valence-electron chi connectivity index (χ2n) is 19.1. The van der Waals surface area contributed by atoms with Crippen LogP contribution in [0.5, 0.6) is 0 Å². The van der Waals surface area contributed by atoms with Gasteiger partial charge in [0.15, 0.2) is 5.69 Å². The molecule has 3 aliphatic heterocycles. The van der Waals surface area contributed by atoms with Crippen molar-refractivity contribution < 1.29 is 23.5 Å². The van der Waals surface area contributed by atoms with Crippen molar-refractivity contribution in [3.05, 3.63) is 141 Å². The topological polar surface area (TPSA) is 177 Å². The lowest BCUT2D eigenvalue weighted by molar-refractivity contribution is -0.134. The summed E-state index contributed by atoms with van der Waals surface area (Å²) in [5.41, 5.74) is 6.26. The predicted molar refractivity (Wildman–Crippen MR) is 274 cm³/mol. The highest BCUT2D eigenvalue weighted by atomic mass is 19.1. The first-order valence-electron chi connectivity index (χ1n) is 25.2. The van der Waals surface area contributed by atoms with Gasteiger partial charge in [0.1, 0.15) is 12.5 Å². The molecule has 72 heavy (non-hydrogen) atoms. The number of aryl methyl sites for hydroxylation is 2. The fourth-order valence-electron chi connectivity index (χ4n) is 9.95. The number of amides is 3. The molecule has 3 aliphatic rings. The Labute approximate surface area is 419 Å². The Balaban J connectivity index is 0.705. The van der Waals surface area contributed by atoms with Crippen molar-refractivity contribution in [3.63, 3.8) is 0 Å². The zero-order chi connectivity index (χ0) is 50.0. The molecule has 3 aromatic carbocycles.